The van der Waals surface area contributed by atoms with E-state index in [1.165, 1.54) is 6.42 Å². The zero-order valence-electron chi connectivity index (χ0n) is 8.00. The average molecular weight is 212 g/mol. The van der Waals surface area contributed by atoms with E-state index in [4.69, 9.17) is 16.3 Å². The molecule has 0 bridgehead atoms. The molecule has 2 rings (SSSR count). The maximum Gasteiger partial charge on any atom is 0.137 e. The monoisotopic (exact) mass is 211 g/mol. The van der Waals surface area contributed by atoms with Crippen LogP contribution in [-0.4, -0.2) is 19.7 Å². The Bertz CT molecular complexity index is 297. The third kappa shape index (κ3) is 2.40. The van der Waals surface area contributed by atoms with Crippen LogP contribution in [0.15, 0.2) is 24.3 Å². The van der Waals surface area contributed by atoms with Crippen LogP contribution in [-0.2, 0) is 0 Å². The summed E-state index contributed by atoms with van der Waals surface area (Å²) >= 11 is 5.97. The van der Waals surface area contributed by atoms with Crippen LogP contribution < -0.4 is 10.1 Å². The summed E-state index contributed by atoms with van der Waals surface area (Å²) in [6.07, 6.45) is 1.20. The van der Waals surface area contributed by atoms with E-state index in [0.717, 1.165) is 25.4 Å². The first-order valence-corrected chi connectivity index (χ1v) is 5.32. The molecule has 1 aliphatic heterocycles. The molecular formula is C11H14ClNO. The van der Waals surface area contributed by atoms with Gasteiger partial charge in [0, 0.05) is 12.5 Å². The van der Waals surface area contributed by atoms with Crippen molar-refractivity contribution in [1.82, 2.24) is 5.32 Å². The second kappa shape index (κ2) is 4.67. The van der Waals surface area contributed by atoms with Crippen molar-refractivity contribution in [2.24, 2.45) is 5.92 Å². The first-order chi connectivity index (χ1) is 6.86. The van der Waals surface area contributed by atoms with Crippen molar-refractivity contribution >= 4 is 11.6 Å². The van der Waals surface area contributed by atoms with Crippen LogP contribution in [0.25, 0.3) is 0 Å². The predicted octanol–water partition coefficient (Wildman–Crippen LogP) is 2.33. The lowest BCUT2D eigenvalue weighted by molar-refractivity contribution is 0.260. The Balaban J connectivity index is 1.88. The number of halogens is 1. The summed E-state index contributed by atoms with van der Waals surface area (Å²) in [7, 11) is 0. The van der Waals surface area contributed by atoms with Crippen LogP contribution in [0.4, 0.5) is 0 Å². The first kappa shape index (κ1) is 9.81. The number of benzene rings is 1. The van der Waals surface area contributed by atoms with Crippen molar-refractivity contribution in [3.63, 3.8) is 0 Å². The van der Waals surface area contributed by atoms with Gasteiger partial charge >= 0.3 is 0 Å². The molecule has 0 unspecified atom stereocenters. The molecule has 0 saturated carbocycles. The fraction of sp³-hybridized carbons (Fsp3) is 0.455. The van der Waals surface area contributed by atoms with E-state index in [9.17, 15) is 0 Å². The van der Waals surface area contributed by atoms with Gasteiger partial charge in [0.15, 0.2) is 0 Å². The lowest BCUT2D eigenvalue weighted by atomic mass is 10.1. The van der Waals surface area contributed by atoms with Gasteiger partial charge < -0.3 is 10.1 Å². The highest BCUT2D eigenvalue weighted by atomic mass is 35.5. The van der Waals surface area contributed by atoms with Crippen molar-refractivity contribution in [2.75, 3.05) is 19.7 Å². The van der Waals surface area contributed by atoms with Crippen LogP contribution in [0.3, 0.4) is 0 Å². The molecule has 0 spiro atoms. The van der Waals surface area contributed by atoms with Gasteiger partial charge in [-0.05, 0) is 25.1 Å². The van der Waals surface area contributed by atoms with Gasteiger partial charge in [-0.2, -0.15) is 0 Å². The Morgan fingerprint density at radius 3 is 3.00 bits per heavy atom. The average Bonchev–Trinajstić information content (AvgIpc) is 2.69. The largest absolute Gasteiger partial charge is 0.492 e. The molecule has 1 aromatic rings. The summed E-state index contributed by atoms with van der Waals surface area (Å²) in [6.45, 7) is 2.93. The summed E-state index contributed by atoms with van der Waals surface area (Å²) < 4.78 is 5.65. The molecule has 0 aliphatic carbocycles. The Morgan fingerprint density at radius 2 is 2.29 bits per heavy atom. The van der Waals surface area contributed by atoms with E-state index < -0.39 is 0 Å². The van der Waals surface area contributed by atoms with E-state index >= 15 is 0 Å². The second-order valence-electron chi connectivity index (χ2n) is 3.60. The molecule has 1 aromatic carbocycles. The van der Waals surface area contributed by atoms with Gasteiger partial charge in [0.25, 0.3) is 0 Å². The minimum Gasteiger partial charge on any atom is -0.492 e. The van der Waals surface area contributed by atoms with Crippen molar-refractivity contribution in [2.45, 2.75) is 6.42 Å². The minimum atomic E-state index is 0.631. The van der Waals surface area contributed by atoms with E-state index in [0.29, 0.717) is 10.9 Å². The summed E-state index contributed by atoms with van der Waals surface area (Å²) in [5.41, 5.74) is 0. The van der Waals surface area contributed by atoms with Crippen LogP contribution in [0.1, 0.15) is 6.42 Å². The quantitative estimate of drug-likeness (QED) is 0.829. The summed E-state index contributed by atoms with van der Waals surface area (Å²) in [5, 5.41) is 4.00. The van der Waals surface area contributed by atoms with Gasteiger partial charge in [-0.25, -0.2) is 0 Å². The SMILES string of the molecule is Clc1ccccc1OC[C@@H]1CCNC1. The number of hydrogen-bond donors (Lipinski definition) is 1. The van der Waals surface area contributed by atoms with Crippen molar-refractivity contribution < 1.29 is 4.74 Å². The predicted molar refractivity (Wildman–Crippen MR) is 57.9 cm³/mol. The highest BCUT2D eigenvalue weighted by molar-refractivity contribution is 6.32. The van der Waals surface area contributed by atoms with E-state index in [2.05, 4.69) is 5.32 Å². The fourth-order valence-electron chi connectivity index (χ4n) is 1.63. The first-order valence-electron chi connectivity index (χ1n) is 4.94. The molecule has 1 aliphatic rings. The topological polar surface area (TPSA) is 21.3 Å². The molecule has 1 N–H and O–H groups in total. The number of para-hydroxylation sites is 1. The van der Waals surface area contributed by atoms with Gasteiger partial charge in [0.1, 0.15) is 5.75 Å². The Morgan fingerprint density at radius 1 is 1.43 bits per heavy atom. The Labute approximate surface area is 89.2 Å². The summed E-state index contributed by atoms with van der Waals surface area (Å²) in [4.78, 5) is 0. The van der Waals surface area contributed by atoms with Gasteiger partial charge in [-0.3, -0.25) is 0 Å². The third-order valence-electron chi connectivity index (χ3n) is 2.47. The van der Waals surface area contributed by atoms with Crippen molar-refractivity contribution in [3.8, 4) is 5.75 Å². The number of ether oxygens (including phenoxy) is 1. The van der Waals surface area contributed by atoms with E-state index in [1.807, 2.05) is 24.3 Å². The molecule has 0 radical (unpaired) electrons. The van der Waals surface area contributed by atoms with Crippen molar-refractivity contribution in [3.05, 3.63) is 29.3 Å². The number of rotatable bonds is 3. The maximum atomic E-state index is 5.97. The normalized spacial score (nSPS) is 21.1. The molecule has 0 aromatic heterocycles. The van der Waals surface area contributed by atoms with Gasteiger partial charge in [-0.15, -0.1) is 0 Å². The summed E-state index contributed by atoms with van der Waals surface area (Å²) in [5.74, 6) is 1.42. The third-order valence-corrected chi connectivity index (χ3v) is 2.79. The lowest BCUT2D eigenvalue weighted by Crippen LogP contribution is -2.15. The standard InChI is InChI=1S/C11H14ClNO/c12-10-3-1-2-4-11(10)14-8-9-5-6-13-7-9/h1-4,9,13H,5-8H2/t9-/m1/s1. The van der Waals surface area contributed by atoms with Crippen LogP contribution >= 0.6 is 11.6 Å². The molecule has 2 nitrogen and oxygen atoms in total. The molecule has 1 atom stereocenters. The van der Waals surface area contributed by atoms with Gasteiger partial charge in [0.05, 0.1) is 11.6 Å². The molecule has 76 valence electrons. The Hall–Kier alpha value is -0.730. The molecule has 3 heteroatoms. The lowest BCUT2D eigenvalue weighted by Gasteiger charge is -2.11. The second-order valence-corrected chi connectivity index (χ2v) is 4.01. The summed E-state index contributed by atoms with van der Waals surface area (Å²) in [6, 6.07) is 7.61. The molecular weight excluding hydrogens is 198 g/mol. The van der Waals surface area contributed by atoms with E-state index in [1.54, 1.807) is 0 Å². The molecule has 14 heavy (non-hydrogen) atoms. The van der Waals surface area contributed by atoms with Crippen LogP contribution in [0, 0.1) is 5.92 Å². The highest BCUT2D eigenvalue weighted by Gasteiger charge is 2.15. The highest BCUT2D eigenvalue weighted by Crippen LogP contribution is 2.24. The minimum absolute atomic E-state index is 0.631. The zero-order chi connectivity index (χ0) is 9.80. The zero-order valence-corrected chi connectivity index (χ0v) is 8.76. The fourth-order valence-corrected chi connectivity index (χ4v) is 1.82. The smallest absolute Gasteiger partial charge is 0.137 e. The molecule has 0 amide bonds. The van der Waals surface area contributed by atoms with Crippen LogP contribution in [0.5, 0.6) is 5.75 Å². The molecule has 1 heterocycles. The van der Waals surface area contributed by atoms with Gasteiger partial charge in [0.2, 0.25) is 0 Å². The number of hydrogen-bond acceptors (Lipinski definition) is 2. The number of nitrogens with one attached hydrogen (secondary N) is 1. The molecule has 1 saturated heterocycles. The van der Waals surface area contributed by atoms with Crippen molar-refractivity contribution in [1.29, 1.82) is 0 Å². The van der Waals surface area contributed by atoms with Crippen LogP contribution in [0.2, 0.25) is 5.02 Å². The van der Waals surface area contributed by atoms with Gasteiger partial charge in [-0.1, -0.05) is 23.7 Å². The Kier molecular flexibility index (Phi) is 3.27. The maximum absolute atomic E-state index is 5.97. The molecule has 1 fully saturated rings. The van der Waals surface area contributed by atoms with E-state index in [-0.39, 0.29) is 0 Å².